The van der Waals surface area contributed by atoms with E-state index >= 15 is 0 Å². The number of aryl methyl sites for hydroxylation is 1. The molecule has 0 fully saturated rings. The van der Waals surface area contributed by atoms with Gasteiger partial charge in [0.2, 0.25) is 10.0 Å². The number of rotatable bonds is 8. The van der Waals surface area contributed by atoms with E-state index < -0.39 is 10.0 Å². The summed E-state index contributed by atoms with van der Waals surface area (Å²) in [5, 5.41) is 4.44. The van der Waals surface area contributed by atoms with Crippen LogP contribution in [0.1, 0.15) is 51.4 Å². The van der Waals surface area contributed by atoms with E-state index in [0.29, 0.717) is 17.3 Å². The largest absolute Gasteiger partial charge is 0.244 e. The molecule has 6 heteroatoms. The van der Waals surface area contributed by atoms with Gasteiger partial charge in [-0.1, -0.05) is 44.9 Å². The number of nitrogens with one attached hydrogen (secondary N) is 1. The van der Waals surface area contributed by atoms with E-state index in [1.165, 1.54) is 0 Å². The van der Waals surface area contributed by atoms with Gasteiger partial charge < -0.3 is 0 Å². The topological polar surface area (TPSA) is 64.0 Å². The first kappa shape index (κ1) is 19.7. The molecule has 25 heavy (non-hydrogen) atoms. The zero-order valence-electron chi connectivity index (χ0n) is 15.8. The van der Waals surface area contributed by atoms with Crippen molar-refractivity contribution in [2.24, 2.45) is 5.92 Å². The lowest BCUT2D eigenvalue weighted by Crippen LogP contribution is -2.33. The Kier molecular flexibility index (Phi) is 6.41. The van der Waals surface area contributed by atoms with E-state index in [2.05, 4.69) is 23.7 Å². The maximum atomic E-state index is 12.9. The standard InChI is InChI=1S/C19H29N3O2S/c1-14(2)10-9-11-15(3)21-25(23,24)19-16(4)20-22(17(19)5)18-12-7-6-8-13-18/h6-8,12-15,21H,9-11H2,1-5H3. The monoisotopic (exact) mass is 363 g/mol. The SMILES string of the molecule is Cc1nn(-c2ccccc2)c(C)c1S(=O)(=O)NC(C)CCCC(C)C. The average Bonchev–Trinajstić information content (AvgIpc) is 2.82. The predicted molar refractivity (Wildman–Crippen MR) is 102 cm³/mol. The van der Waals surface area contributed by atoms with Gasteiger partial charge in [-0.25, -0.2) is 17.8 Å². The lowest BCUT2D eigenvalue weighted by molar-refractivity contribution is 0.488. The van der Waals surface area contributed by atoms with Crippen molar-refractivity contribution in [1.82, 2.24) is 14.5 Å². The molecule has 0 radical (unpaired) electrons. The third-order valence-corrected chi connectivity index (χ3v) is 6.11. The number of nitrogens with zero attached hydrogens (tertiary/aromatic N) is 2. The molecule has 2 rings (SSSR count). The molecule has 0 amide bonds. The number of aromatic nitrogens is 2. The molecule has 1 heterocycles. The number of hydrogen-bond donors (Lipinski definition) is 1. The highest BCUT2D eigenvalue weighted by Gasteiger charge is 2.26. The molecule has 1 aromatic carbocycles. The lowest BCUT2D eigenvalue weighted by Gasteiger charge is -2.15. The molecule has 1 aromatic heterocycles. The molecular weight excluding hydrogens is 334 g/mol. The Labute approximate surface area is 151 Å². The van der Waals surface area contributed by atoms with Crippen LogP contribution < -0.4 is 4.72 Å². The van der Waals surface area contributed by atoms with Crippen LogP contribution in [0.15, 0.2) is 35.2 Å². The first-order valence-corrected chi connectivity index (χ1v) is 10.3. The Morgan fingerprint density at radius 1 is 1.08 bits per heavy atom. The molecule has 0 saturated carbocycles. The molecule has 0 aliphatic heterocycles. The van der Waals surface area contributed by atoms with Crippen LogP contribution in [0.25, 0.3) is 5.69 Å². The predicted octanol–water partition coefficient (Wildman–Crippen LogP) is 3.98. The summed E-state index contributed by atoms with van der Waals surface area (Å²) in [5.41, 5.74) is 2.00. The minimum absolute atomic E-state index is 0.0948. The summed E-state index contributed by atoms with van der Waals surface area (Å²) >= 11 is 0. The van der Waals surface area contributed by atoms with Crippen molar-refractivity contribution in [3.05, 3.63) is 41.7 Å². The van der Waals surface area contributed by atoms with E-state index in [1.54, 1.807) is 18.5 Å². The third-order valence-electron chi connectivity index (χ3n) is 4.27. The van der Waals surface area contributed by atoms with Crippen molar-refractivity contribution in [2.45, 2.75) is 64.8 Å². The molecule has 1 atom stereocenters. The van der Waals surface area contributed by atoms with Gasteiger partial charge in [0, 0.05) is 6.04 Å². The van der Waals surface area contributed by atoms with Crippen LogP contribution in [0.4, 0.5) is 0 Å². The minimum Gasteiger partial charge on any atom is -0.236 e. The van der Waals surface area contributed by atoms with Crippen LogP contribution >= 0.6 is 0 Å². The molecule has 0 aliphatic rings. The molecule has 0 spiro atoms. The number of hydrogen-bond acceptors (Lipinski definition) is 3. The normalized spacial score (nSPS) is 13.4. The summed E-state index contributed by atoms with van der Waals surface area (Å²) < 4.78 is 30.2. The maximum Gasteiger partial charge on any atom is 0.244 e. The van der Waals surface area contributed by atoms with Gasteiger partial charge in [-0.2, -0.15) is 5.10 Å². The fourth-order valence-electron chi connectivity index (χ4n) is 3.05. The highest BCUT2D eigenvalue weighted by atomic mass is 32.2. The van der Waals surface area contributed by atoms with Gasteiger partial charge in [0.05, 0.1) is 17.1 Å². The Bertz CT molecular complexity index is 796. The zero-order chi connectivity index (χ0) is 18.6. The zero-order valence-corrected chi connectivity index (χ0v) is 16.6. The second kappa shape index (κ2) is 8.15. The van der Waals surface area contributed by atoms with Crippen molar-refractivity contribution in [1.29, 1.82) is 0 Å². The summed E-state index contributed by atoms with van der Waals surface area (Å²) in [6.07, 6.45) is 2.96. The second-order valence-electron chi connectivity index (χ2n) is 7.09. The molecule has 1 N–H and O–H groups in total. The smallest absolute Gasteiger partial charge is 0.236 e. The van der Waals surface area contributed by atoms with E-state index in [1.807, 2.05) is 37.3 Å². The van der Waals surface area contributed by atoms with Crippen LogP contribution in [-0.4, -0.2) is 24.2 Å². The quantitative estimate of drug-likeness (QED) is 0.771. The van der Waals surface area contributed by atoms with Gasteiger partial charge in [-0.05, 0) is 45.2 Å². The van der Waals surface area contributed by atoms with Crippen molar-refractivity contribution < 1.29 is 8.42 Å². The Morgan fingerprint density at radius 2 is 1.72 bits per heavy atom. The van der Waals surface area contributed by atoms with Crippen LogP contribution in [-0.2, 0) is 10.0 Å². The maximum absolute atomic E-state index is 12.9. The minimum atomic E-state index is -3.59. The van der Waals surface area contributed by atoms with Crippen LogP contribution in [0.2, 0.25) is 0 Å². The van der Waals surface area contributed by atoms with E-state index in [4.69, 9.17) is 0 Å². The van der Waals surface area contributed by atoms with E-state index in [0.717, 1.165) is 24.9 Å². The molecule has 0 saturated heterocycles. The van der Waals surface area contributed by atoms with Crippen molar-refractivity contribution in [3.63, 3.8) is 0 Å². The highest BCUT2D eigenvalue weighted by Crippen LogP contribution is 2.23. The summed E-state index contributed by atoms with van der Waals surface area (Å²) in [6.45, 7) is 9.82. The summed E-state index contributed by atoms with van der Waals surface area (Å²) in [4.78, 5) is 0.284. The summed E-state index contributed by atoms with van der Waals surface area (Å²) in [6, 6.07) is 9.48. The lowest BCUT2D eigenvalue weighted by atomic mass is 10.0. The van der Waals surface area contributed by atoms with Crippen LogP contribution in [0, 0.1) is 19.8 Å². The van der Waals surface area contributed by atoms with Crippen molar-refractivity contribution >= 4 is 10.0 Å². The Hall–Kier alpha value is -1.66. The molecule has 5 nitrogen and oxygen atoms in total. The van der Waals surface area contributed by atoms with Gasteiger partial charge >= 0.3 is 0 Å². The Morgan fingerprint density at radius 3 is 2.32 bits per heavy atom. The number of para-hydroxylation sites is 1. The van der Waals surface area contributed by atoms with Gasteiger partial charge in [-0.3, -0.25) is 0 Å². The summed E-state index contributed by atoms with van der Waals surface area (Å²) in [5.74, 6) is 0.636. The van der Waals surface area contributed by atoms with E-state index in [9.17, 15) is 8.42 Å². The van der Waals surface area contributed by atoms with Crippen LogP contribution in [0.5, 0.6) is 0 Å². The second-order valence-corrected chi connectivity index (χ2v) is 8.75. The Balaban J connectivity index is 2.21. The fraction of sp³-hybridized carbons (Fsp3) is 0.526. The molecule has 0 bridgehead atoms. The first-order valence-electron chi connectivity index (χ1n) is 8.86. The van der Waals surface area contributed by atoms with Crippen molar-refractivity contribution in [2.75, 3.05) is 0 Å². The number of sulfonamides is 1. The number of benzene rings is 1. The third kappa shape index (κ3) is 4.92. The fourth-order valence-corrected chi connectivity index (χ4v) is 4.72. The highest BCUT2D eigenvalue weighted by molar-refractivity contribution is 7.89. The van der Waals surface area contributed by atoms with E-state index in [-0.39, 0.29) is 10.9 Å². The van der Waals surface area contributed by atoms with Gasteiger partial charge in [-0.15, -0.1) is 0 Å². The molecule has 1 unspecified atom stereocenters. The first-order chi connectivity index (χ1) is 11.7. The molecule has 138 valence electrons. The molecular formula is C19H29N3O2S. The van der Waals surface area contributed by atoms with Gasteiger partial charge in [0.1, 0.15) is 4.90 Å². The van der Waals surface area contributed by atoms with Crippen LogP contribution in [0.3, 0.4) is 0 Å². The summed E-state index contributed by atoms with van der Waals surface area (Å²) in [7, 11) is -3.59. The average molecular weight is 364 g/mol. The molecule has 0 aliphatic carbocycles. The van der Waals surface area contributed by atoms with Gasteiger partial charge in [0.15, 0.2) is 0 Å². The van der Waals surface area contributed by atoms with Gasteiger partial charge in [0.25, 0.3) is 0 Å². The van der Waals surface area contributed by atoms with Crippen molar-refractivity contribution in [3.8, 4) is 5.69 Å². The molecule has 2 aromatic rings.